The third kappa shape index (κ3) is 2.69. The molecule has 0 heterocycles. The van der Waals surface area contributed by atoms with Crippen LogP contribution < -0.4 is 10.6 Å². The number of rotatable bonds is 4. The summed E-state index contributed by atoms with van der Waals surface area (Å²) in [5.41, 5.74) is 7.73. The Kier molecular flexibility index (Phi) is 4.15. The molecule has 0 spiro atoms. The Balaban J connectivity index is 2.50. The van der Waals surface area contributed by atoms with Crippen LogP contribution in [0.25, 0.3) is 0 Å². The van der Waals surface area contributed by atoms with E-state index >= 15 is 0 Å². The van der Waals surface area contributed by atoms with E-state index in [-0.39, 0.29) is 0 Å². The van der Waals surface area contributed by atoms with E-state index in [0.29, 0.717) is 5.69 Å². The van der Waals surface area contributed by atoms with Crippen LogP contribution in [0.2, 0.25) is 0 Å². The SMILES string of the molecule is Cc1ccccc1N(C(N)=O)C(C=O)c1ccccc1. The second-order valence-electron chi connectivity index (χ2n) is 4.49. The van der Waals surface area contributed by atoms with E-state index in [2.05, 4.69) is 0 Å². The lowest BCUT2D eigenvalue weighted by molar-refractivity contribution is -0.108. The normalized spacial score (nSPS) is 11.7. The van der Waals surface area contributed by atoms with Crippen molar-refractivity contribution >= 4 is 18.0 Å². The van der Waals surface area contributed by atoms with Gasteiger partial charge in [-0.05, 0) is 24.1 Å². The van der Waals surface area contributed by atoms with Gasteiger partial charge in [0.2, 0.25) is 0 Å². The smallest absolute Gasteiger partial charge is 0.320 e. The summed E-state index contributed by atoms with van der Waals surface area (Å²) < 4.78 is 0. The number of hydrogen-bond acceptors (Lipinski definition) is 2. The molecule has 2 aromatic rings. The van der Waals surface area contributed by atoms with Gasteiger partial charge in [0.15, 0.2) is 0 Å². The Bertz CT molecular complexity index is 611. The molecule has 0 aromatic heterocycles. The van der Waals surface area contributed by atoms with Gasteiger partial charge in [-0.1, -0.05) is 48.5 Å². The first kappa shape index (κ1) is 13.8. The van der Waals surface area contributed by atoms with Gasteiger partial charge < -0.3 is 10.5 Å². The van der Waals surface area contributed by atoms with Crippen LogP contribution in [-0.2, 0) is 4.79 Å². The fourth-order valence-electron chi connectivity index (χ4n) is 2.18. The Labute approximate surface area is 117 Å². The van der Waals surface area contributed by atoms with Crippen LogP contribution in [0.4, 0.5) is 10.5 Å². The van der Waals surface area contributed by atoms with Crippen molar-refractivity contribution in [1.82, 2.24) is 0 Å². The molecule has 2 aromatic carbocycles. The molecular formula is C16H16N2O2. The number of nitrogens with zero attached hydrogens (tertiary/aromatic N) is 1. The second-order valence-corrected chi connectivity index (χ2v) is 4.49. The highest BCUT2D eigenvalue weighted by atomic mass is 16.2. The van der Waals surface area contributed by atoms with E-state index in [1.807, 2.05) is 43.3 Å². The number of nitrogens with two attached hydrogens (primary N) is 1. The Morgan fingerprint density at radius 1 is 1.10 bits per heavy atom. The van der Waals surface area contributed by atoms with Crippen molar-refractivity contribution in [3.05, 3.63) is 65.7 Å². The molecule has 0 aliphatic carbocycles. The van der Waals surface area contributed by atoms with Gasteiger partial charge in [-0.25, -0.2) is 4.79 Å². The number of aldehydes is 1. The van der Waals surface area contributed by atoms with Gasteiger partial charge in [0.25, 0.3) is 0 Å². The van der Waals surface area contributed by atoms with E-state index in [4.69, 9.17) is 5.73 Å². The first-order chi connectivity index (χ1) is 9.65. The predicted octanol–water partition coefficient (Wildman–Crippen LogP) is 2.82. The van der Waals surface area contributed by atoms with Crippen molar-refractivity contribution in [3.63, 3.8) is 0 Å². The zero-order valence-corrected chi connectivity index (χ0v) is 11.2. The number of benzene rings is 2. The van der Waals surface area contributed by atoms with Gasteiger partial charge >= 0.3 is 6.03 Å². The fourth-order valence-corrected chi connectivity index (χ4v) is 2.18. The van der Waals surface area contributed by atoms with E-state index in [0.717, 1.165) is 17.4 Å². The largest absolute Gasteiger partial charge is 0.351 e. The Morgan fingerprint density at radius 2 is 1.70 bits per heavy atom. The van der Waals surface area contributed by atoms with Crippen LogP contribution in [0.5, 0.6) is 0 Å². The van der Waals surface area contributed by atoms with Crippen molar-refractivity contribution in [3.8, 4) is 0 Å². The van der Waals surface area contributed by atoms with E-state index < -0.39 is 12.1 Å². The minimum atomic E-state index is -0.727. The molecule has 2 amide bonds. The van der Waals surface area contributed by atoms with Crippen molar-refractivity contribution in [2.75, 3.05) is 4.90 Å². The number of carbonyl (C=O) groups excluding carboxylic acids is 2. The van der Waals surface area contributed by atoms with Gasteiger partial charge in [0.1, 0.15) is 12.3 Å². The van der Waals surface area contributed by atoms with E-state index in [1.54, 1.807) is 18.2 Å². The first-order valence-corrected chi connectivity index (χ1v) is 6.29. The Hall–Kier alpha value is -2.62. The van der Waals surface area contributed by atoms with Gasteiger partial charge in [0, 0.05) is 5.69 Å². The van der Waals surface area contributed by atoms with Gasteiger partial charge in [0.05, 0.1) is 0 Å². The molecular weight excluding hydrogens is 252 g/mol. The number of urea groups is 1. The van der Waals surface area contributed by atoms with E-state index in [1.165, 1.54) is 4.90 Å². The topological polar surface area (TPSA) is 63.4 Å². The van der Waals surface area contributed by atoms with Crippen LogP contribution in [0.15, 0.2) is 54.6 Å². The molecule has 0 fully saturated rings. The molecule has 20 heavy (non-hydrogen) atoms. The van der Waals surface area contributed by atoms with Gasteiger partial charge in [-0.2, -0.15) is 0 Å². The number of carbonyl (C=O) groups is 2. The standard InChI is InChI=1S/C16H16N2O2/c1-12-7-5-6-10-14(12)18(16(17)20)15(11-19)13-8-3-2-4-9-13/h2-11,15H,1H3,(H2,17,20). The van der Waals surface area contributed by atoms with E-state index in [9.17, 15) is 9.59 Å². The summed E-state index contributed by atoms with van der Waals surface area (Å²) in [4.78, 5) is 24.6. The highest BCUT2D eigenvalue weighted by Crippen LogP contribution is 2.28. The summed E-state index contributed by atoms with van der Waals surface area (Å²) in [6.07, 6.45) is 0.729. The van der Waals surface area contributed by atoms with Crippen LogP contribution >= 0.6 is 0 Å². The lowest BCUT2D eigenvalue weighted by Crippen LogP contribution is -2.40. The molecule has 0 saturated heterocycles. The van der Waals surface area contributed by atoms with Crippen molar-refractivity contribution in [2.45, 2.75) is 13.0 Å². The maximum atomic E-state index is 11.8. The van der Waals surface area contributed by atoms with Gasteiger partial charge in [-0.3, -0.25) is 4.90 Å². The maximum Gasteiger partial charge on any atom is 0.320 e. The molecule has 4 nitrogen and oxygen atoms in total. The molecule has 4 heteroatoms. The molecule has 102 valence electrons. The number of primary amides is 1. The average Bonchev–Trinajstić information content (AvgIpc) is 2.46. The number of anilines is 1. The third-order valence-electron chi connectivity index (χ3n) is 3.16. The zero-order chi connectivity index (χ0) is 14.5. The number of aryl methyl sites for hydroxylation is 1. The predicted molar refractivity (Wildman–Crippen MR) is 78.5 cm³/mol. The molecule has 0 bridgehead atoms. The van der Waals surface area contributed by atoms with Crippen molar-refractivity contribution < 1.29 is 9.59 Å². The summed E-state index contributed by atoms with van der Waals surface area (Å²) in [7, 11) is 0. The van der Waals surface area contributed by atoms with Crippen LogP contribution in [0.3, 0.4) is 0 Å². The first-order valence-electron chi connectivity index (χ1n) is 6.29. The number of amides is 2. The minimum absolute atomic E-state index is 0.640. The molecule has 1 atom stereocenters. The second kappa shape index (κ2) is 6.02. The number of hydrogen-bond donors (Lipinski definition) is 1. The summed E-state index contributed by atoms with van der Waals surface area (Å²) in [6, 6.07) is 15.1. The highest BCUT2D eigenvalue weighted by molar-refractivity contribution is 5.96. The summed E-state index contributed by atoms with van der Waals surface area (Å²) in [5.74, 6) is 0. The molecule has 2 N–H and O–H groups in total. The minimum Gasteiger partial charge on any atom is -0.351 e. The molecule has 0 aliphatic heterocycles. The zero-order valence-electron chi connectivity index (χ0n) is 11.2. The number of para-hydroxylation sites is 1. The summed E-state index contributed by atoms with van der Waals surface area (Å²) in [5, 5.41) is 0. The lowest BCUT2D eigenvalue weighted by atomic mass is 10.0. The van der Waals surface area contributed by atoms with Crippen molar-refractivity contribution in [1.29, 1.82) is 0 Å². The molecule has 2 rings (SSSR count). The van der Waals surface area contributed by atoms with Crippen LogP contribution in [0.1, 0.15) is 17.2 Å². The lowest BCUT2D eigenvalue weighted by Gasteiger charge is -2.28. The quantitative estimate of drug-likeness (QED) is 0.867. The average molecular weight is 268 g/mol. The Morgan fingerprint density at radius 3 is 2.25 bits per heavy atom. The monoisotopic (exact) mass is 268 g/mol. The summed E-state index contributed by atoms with van der Waals surface area (Å²) >= 11 is 0. The third-order valence-corrected chi connectivity index (χ3v) is 3.16. The van der Waals surface area contributed by atoms with Gasteiger partial charge in [-0.15, -0.1) is 0 Å². The maximum absolute atomic E-state index is 11.8. The molecule has 0 aliphatic rings. The van der Waals surface area contributed by atoms with Crippen LogP contribution in [-0.4, -0.2) is 12.3 Å². The molecule has 0 saturated carbocycles. The fraction of sp³-hybridized carbons (Fsp3) is 0.125. The van der Waals surface area contributed by atoms with Crippen molar-refractivity contribution in [2.24, 2.45) is 5.73 Å². The van der Waals surface area contributed by atoms with Crippen LogP contribution in [0, 0.1) is 6.92 Å². The summed E-state index contributed by atoms with van der Waals surface area (Å²) in [6.45, 7) is 1.87. The molecule has 1 unspecified atom stereocenters. The highest BCUT2D eigenvalue weighted by Gasteiger charge is 2.25. The molecule has 0 radical (unpaired) electrons.